The van der Waals surface area contributed by atoms with E-state index in [-0.39, 0.29) is 11.7 Å². The van der Waals surface area contributed by atoms with Crippen LogP contribution in [0.25, 0.3) is 11.4 Å². The molecule has 1 N–H and O–H groups in total. The first-order valence-corrected chi connectivity index (χ1v) is 12.0. The van der Waals surface area contributed by atoms with Gasteiger partial charge in [0.1, 0.15) is 5.00 Å². The molecule has 0 unspecified atom stereocenters. The number of amides is 1. The van der Waals surface area contributed by atoms with Crippen molar-refractivity contribution in [1.29, 1.82) is 0 Å². The second-order valence-corrected chi connectivity index (χ2v) is 9.21. The number of carbonyl (C=O) groups excluding carboxylic acids is 2. The maximum Gasteiger partial charge on any atom is 0.340 e. The number of nitrogens with zero attached hydrogens (tertiary/aromatic N) is 4. The van der Waals surface area contributed by atoms with Gasteiger partial charge in [-0.05, 0) is 43.7 Å². The number of benzene rings is 1. The summed E-state index contributed by atoms with van der Waals surface area (Å²) in [4.78, 5) is 27.6. The lowest BCUT2D eigenvalue weighted by Crippen LogP contribution is -2.16. The van der Waals surface area contributed by atoms with Crippen LogP contribution in [0.3, 0.4) is 0 Å². The summed E-state index contributed by atoms with van der Waals surface area (Å²) in [5, 5.41) is 12.7. The summed E-state index contributed by atoms with van der Waals surface area (Å²) >= 11 is 2.70. The normalized spacial score (nSPS) is 10.8. The lowest BCUT2D eigenvalue weighted by Gasteiger charge is -2.13. The molecule has 0 spiro atoms. The number of rotatable bonds is 9. The molecule has 1 amide bonds. The molecule has 0 bridgehead atoms. The number of thioether (sulfide) groups is 1. The van der Waals surface area contributed by atoms with Crippen LogP contribution in [-0.4, -0.2) is 53.6 Å². The van der Waals surface area contributed by atoms with Crippen molar-refractivity contribution in [3.63, 3.8) is 0 Å². The number of hydrogen-bond donors (Lipinski definition) is 1. The fraction of sp³-hybridized carbons (Fsp3) is 0.364. The van der Waals surface area contributed by atoms with Crippen LogP contribution in [0.4, 0.5) is 10.7 Å². The Bertz CT molecular complexity index is 1090. The minimum Gasteiger partial charge on any atom is -0.465 e. The Morgan fingerprint density at radius 1 is 1.19 bits per heavy atom. The number of thiophene rings is 1. The van der Waals surface area contributed by atoms with Gasteiger partial charge in [-0.1, -0.05) is 18.7 Å². The molecule has 0 saturated carbocycles. The predicted octanol–water partition coefficient (Wildman–Crippen LogP) is 4.17. The van der Waals surface area contributed by atoms with E-state index in [1.54, 1.807) is 6.07 Å². The van der Waals surface area contributed by atoms with Crippen molar-refractivity contribution in [2.24, 2.45) is 0 Å². The molecular weight excluding hydrogens is 446 g/mol. The Morgan fingerprint density at radius 2 is 1.91 bits per heavy atom. The fourth-order valence-electron chi connectivity index (χ4n) is 3.07. The highest BCUT2D eigenvalue weighted by atomic mass is 32.2. The summed E-state index contributed by atoms with van der Waals surface area (Å²) in [5.74, 6) is 0.240. The lowest BCUT2D eigenvalue weighted by atomic mass is 10.2. The number of hydrogen-bond acceptors (Lipinski definition) is 8. The Kier molecular flexibility index (Phi) is 7.92. The molecule has 3 rings (SSSR count). The number of ether oxygens (including phenoxy) is 1. The molecule has 8 nitrogen and oxygen atoms in total. The van der Waals surface area contributed by atoms with E-state index in [4.69, 9.17) is 4.74 Å². The van der Waals surface area contributed by atoms with Crippen LogP contribution in [0, 0.1) is 0 Å². The molecule has 0 aliphatic rings. The third-order valence-electron chi connectivity index (χ3n) is 4.80. The summed E-state index contributed by atoms with van der Waals surface area (Å²) in [7, 11) is 5.32. The molecular formula is C22H27N5O3S2. The molecule has 0 saturated heterocycles. The molecule has 170 valence electrons. The van der Waals surface area contributed by atoms with E-state index in [1.807, 2.05) is 61.7 Å². The highest BCUT2D eigenvalue weighted by molar-refractivity contribution is 7.99. The SMILES string of the molecule is CCc1cc(C(=O)OC)c(NC(=O)CSc2nnc(-c3ccc(N(C)C)cc3)n2CC)s1. The fourth-order valence-corrected chi connectivity index (χ4v) is 4.87. The van der Waals surface area contributed by atoms with Crippen LogP contribution in [-0.2, 0) is 22.5 Å². The number of carbonyl (C=O) groups is 2. The van der Waals surface area contributed by atoms with Crippen molar-refractivity contribution in [3.05, 3.63) is 40.8 Å². The third kappa shape index (κ3) is 5.31. The van der Waals surface area contributed by atoms with Crippen molar-refractivity contribution in [2.45, 2.75) is 32.0 Å². The zero-order valence-corrected chi connectivity index (χ0v) is 20.5. The van der Waals surface area contributed by atoms with Gasteiger partial charge in [0.05, 0.1) is 18.4 Å². The van der Waals surface area contributed by atoms with Gasteiger partial charge < -0.3 is 19.5 Å². The van der Waals surface area contributed by atoms with E-state index in [1.165, 1.54) is 30.2 Å². The van der Waals surface area contributed by atoms with E-state index >= 15 is 0 Å². The topological polar surface area (TPSA) is 89.3 Å². The van der Waals surface area contributed by atoms with E-state index < -0.39 is 5.97 Å². The average Bonchev–Trinajstić information content (AvgIpc) is 3.40. The zero-order valence-electron chi connectivity index (χ0n) is 18.8. The van der Waals surface area contributed by atoms with Gasteiger partial charge in [-0.3, -0.25) is 4.79 Å². The molecule has 10 heteroatoms. The Morgan fingerprint density at radius 3 is 2.50 bits per heavy atom. The highest BCUT2D eigenvalue weighted by Gasteiger charge is 2.19. The Hall–Kier alpha value is -2.85. The largest absolute Gasteiger partial charge is 0.465 e. The summed E-state index contributed by atoms with van der Waals surface area (Å²) < 4.78 is 6.82. The van der Waals surface area contributed by atoms with Gasteiger partial charge in [0.15, 0.2) is 11.0 Å². The van der Waals surface area contributed by atoms with Crippen LogP contribution >= 0.6 is 23.1 Å². The van der Waals surface area contributed by atoms with Crippen molar-refractivity contribution in [3.8, 4) is 11.4 Å². The van der Waals surface area contributed by atoms with Crippen LogP contribution in [0.2, 0.25) is 0 Å². The monoisotopic (exact) mass is 473 g/mol. The summed E-state index contributed by atoms with van der Waals surface area (Å²) in [5.41, 5.74) is 2.45. The van der Waals surface area contributed by atoms with Gasteiger partial charge in [0, 0.05) is 36.8 Å². The molecule has 0 aliphatic heterocycles. The maximum atomic E-state index is 12.6. The first kappa shape index (κ1) is 23.8. The van der Waals surface area contributed by atoms with Crippen LogP contribution in [0.1, 0.15) is 29.1 Å². The standard InChI is InChI=1S/C22H27N5O3S2/c1-6-16-12-17(21(29)30-5)20(32-16)23-18(28)13-31-22-25-24-19(27(22)7-2)14-8-10-15(11-9-14)26(3)4/h8-12H,6-7,13H2,1-5H3,(H,23,28). The van der Waals surface area contributed by atoms with E-state index in [2.05, 4.69) is 15.5 Å². The molecule has 0 radical (unpaired) electrons. The van der Waals surface area contributed by atoms with Crippen molar-refractivity contribution in [2.75, 3.05) is 37.2 Å². The average molecular weight is 474 g/mol. The quantitative estimate of drug-likeness (QED) is 0.368. The molecule has 1 aromatic carbocycles. The van der Waals surface area contributed by atoms with Gasteiger partial charge >= 0.3 is 5.97 Å². The highest BCUT2D eigenvalue weighted by Crippen LogP contribution is 2.30. The number of nitrogens with one attached hydrogen (secondary N) is 1. The smallest absolute Gasteiger partial charge is 0.340 e. The molecule has 3 aromatic rings. The van der Waals surface area contributed by atoms with Crippen LogP contribution in [0.15, 0.2) is 35.5 Å². The second-order valence-electron chi connectivity index (χ2n) is 7.13. The second kappa shape index (κ2) is 10.6. The van der Waals surface area contributed by atoms with E-state index in [0.717, 1.165) is 28.4 Å². The lowest BCUT2D eigenvalue weighted by molar-refractivity contribution is -0.113. The van der Waals surface area contributed by atoms with E-state index in [9.17, 15) is 9.59 Å². The van der Waals surface area contributed by atoms with Gasteiger partial charge in [0.25, 0.3) is 0 Å². The summed E-state index contributed by atoms with van der Waals surface area (Å²) in [6, 6.07) is 9.87. The van der Waals surface area contributed by atoms with Crippen molar-refractivity contribution < 1.29 is 14.3 Å². The zero-order chi connectivity index (χ0) is 23.3. The van der Waals surface area contributed by atoms with Crippen molar-refractivity contribution in [1.82, 2.24) is 14.8 Å². The van der Waals surface area contributed by atoms with Gasteiger partial charge in [-0.25, -0.2) is 4.79 Å². The predicted molar refractivity (Wildman–Crippen MR) is 130 cm³/mol. The van der Waals surface area contributed by atoms with Gasteiger partial charge in [-0.2, -0.15) is 0 Å². The number of esters is 1. The van der Waals surface area contributed by atoms with Crippen LogP contribution < -0.4 is 10.2 Å². The summed E-state index contributed by atoms with van der Waals surface area (Å²) in [6.07, 6.45) is 0.775. The van der Waals surface area contributed by atoms with Gasteiger partial charge in [0.2, 0.25) is 5.91 Å². The minimum atomic E-state index is -0.459. The van der Waals surface area contributed by atoms with Crippen LogP contribution in [0.5, 0.6) is 0 Å². The molecule has 2 aromatic heterocycles. The Labute approximate surface area is 196 Å². The van der Waals surface area contributed by atoms with Gasteiger partial charge in [-0.15, -0.1) is 21.5 Å². The minimum absolute atomic E-state index is 0.150. The first-order chi connectivity index (χ1) is 15.4. The number of methoxy groups -OCH3 is 1. The van der Waals surface area contributed by atoms with E-state index in [0.29, 0.717) is 22.3 Å². The summed E-state index contributed by atoms with van der Waals surface area (Å²) in [6.45, 7) is 4.70. The molecule has 32 heavy (non-hydrogen) atoms. The molecule has 2 heterocycles. The molecule has 0 atom stereocenters. The maximum absolute atomic E-state index is 12.6. The number of aryl methyl sites for hydroxylation is 1. The third-order valence-corrected chi connectivity index (χ3v) is 6.96. The number of aromatic nitrogens is 3. The number of anilines is 2. The Balaban J connectivity index is 1.70. The molecule has 0 fully saturated rings. The first-order valence-electron chi connectivity index (χ1n) is 10.2. The van der Waals surface area contributed by atoms with Crippen molar-refractivity contribution >= 4 is 45.7 Å². The molecule has 0 aliphatic carbocycles.